The molecule has 122 valence electrons. The van der Waals surface area contributed by atoms with Crippen molar-refractivity contribution in [2.45, 2.75) is 52.2 Å². The molecule has 1 aliphatic heterocycles. The van der Waals surface area contributed by atoms with Crippen LogP contribution in [0.3, 0.4) is 0 Å². The molecule has 0 spiro atoms. The predicted octanol–water partition coefficient (Wildman–Crippen LogP) is 2.67. The van der Waals surface area contributed by atoms with Gasteiger partial charge in [-0.25, -0.2) is 0 Å². The molecule has 1 fully saturated rings. The van der Waals surface area contributed by atoms with Crippen LogP contribution in [0.2, 0.25) is 0 Å². The lowest BCUT2D eigenvalue weighted by Gasteiger charge is -2.30. The van der Waals surface area contributed by atoms with Gasteiger partial charge in [0.2, 0.25) is 0 Å². The van der Waals surface area contributed by atoms with E-state index < -0.39 is 6.10 Å². The van der Waals surface area contributed by atoms with Crippen LogP contribution in [0.15, 0.2) is 18.2 Å². The molecule has 1 atom stereocenters. The number of likely N-dealkylation sites (tertiary alicyclic amines) is 1. The third-order valence-corrected chi connectivity index (χ3v) is 4.55. The summed E-state index contributed by atoms with van der Waals surface area (Å²) >= 11 is 0. The van der Waals surface area contributed by atoms with Crippen LogP contribution < -0.4 is 10.1 Å². The first-order valence-electron chi connectivity index (χ1n) is 8.23. The van der Waals surface area contributed by atoms with Gasteiger partial charge in [0.15, 0.2) is 6.10 Å². The highest BCUT2D eigenvalue weighted by Crippen LogP contribution is 2.22. The van der Waals surface area contributed by atoms with Crippen LogP contribution in [0.5, 0.6) is 5.75 Å². The molecule has 0 bridgehead atoms. The lowest BCUT2D eigenvalue weighted by molar-refractivity contribution is -0.129. The van der Waals surface area contributed by atoms with Crippen LogP contribution in [0.4, 0.5) is 0 Å². The van der Waals surface area contributed by atoms with E-state index in [4.69, 9.17) is 4.74 Å². The third-order valence-electron chi connectivity index (χ3n) is 4.55. The first-order valence-corrected chi connectivity index (χ1v) is 8.23. The second-order valence-electron chi connectivity index (χ2n) is 6.30. The van der Waals surface area contributed by atoms with E-state index >= 15 is 0 Å². The average molecular weight is 304 g/mol. The minimum absolute atomic E-state index is 0.0120. The molecule has 1 amide bonds. The zero-order valence-corrected chi connectivity index (χ0v) is 14.2. The van der Waals surface area contributed by atoms with Gasteiger partial charge in [-0.15, -0.1) is 0 Å². The number of benzene rings is 1. The van der Waals surface area contributed by atoms with Crippen LogP contribution in [-0.2, 0) is 4.79 Å². The van der Waals surface area contributed by atoms with Crippen molar-refractivity contribution in [2.24, 2.45) is 0 Å². The van der Waals surface area contributed by atoms with Crippen molar-refractivity contribution >= 4 is 5.91 Å². The number of hydrogen-bond acceptors (Lipinski definition) is 3. The number of nitrogens with zero attached hydrogens (tertiary/aromatic N) is 1. The maximum atomic E-state index is 12.5. The normalized spacial score (nSPS) is 18.0. The minimum atomic E-state index is -0.417. The van der Waals surface area contributed by atoms with E-state index in [1.54, 1.807) is 0 Å². The zero-order valence-electron chi connectivity index (χ0n) is 14.2. The lowest BCUT2D eigenvalue weighted by Crippen LogP contribution is -2.48. The quantitative estimate of drug-likeness (QED) is 0.909. The Morgan fingerprint density at radius 3 is 2.68 bits per heavy atom. The third kappa shape index (κ3) is 4.23. The van der Waals surface area contributed by atoms with Crippen LogP contribution in [0, 0.1) is 13.8 Å². The van der Waals surface area contributed by atoms with Gasteiger partial charge in [-0.2, -0.15) is 0 Å². The Morgan fingerprint density at radius 1 is 1.36 bits per heavy atom. The SMILES string of the molecule is CC[C@H](Oc1cccc(C)c1C)C(=O)NC1CCN(C)CC1. The van der Waals surface area contributed by atoms with Crippen molar-refractivity contribution in [1.82, 2.24) is 10.2 Å². The van der Waals surface area contributed by atoms with E-state index in [0.29, 0.717) is 6.42 Å². The number of rotatable bonds is 5. The predicted molar refractivity (Wildman–Crippen MR) is 89.3 cm³/mol. The van der Waals surface area contributed by atoms with E-state index in [2.05, 4.69) is 30.3 Å². The first-order chi connectivity index (χ1) is 10.5. The van der Waals surface area contributed by atoms with Crippen molar-refractivity contribution in [1.29, 1.82) is 0 Å². The number of piperidine rings is 1. The topological polar surface area (TPSA) is 41.6 Å². The number of carbonyl (C=O) groups excluding carboxylic acids is 1. The molecule has 0 saturated carbocycles. The van der Waals surface area contributed by atoms with Gasteiger partial charge >= 0.3 is 0 Å². The number of amides is 1. The van der Waals surface area contributed by atoms with Crippen LogP contribution >= 0.6 is 0 Å². The number of aryl methyl sites for hydroxylation is 1. The molecule has 1 saturated heterocycles. The first kappa shape index (κ1) is 16.8. The standard InChI is InChI=1S/C18H28N2O2/c1-5-16(22-17-8-6-7-13(2)14(17)3)18(21)19-15-9-11-20(4)12-10-15/h6-8,15-16H,5,9-12H2,1-4H3,(H,19,21)/t16-/m0/s1. The largest absolute Gasteiger partial charge is 0.480 e. The summed E-state index contributed by atoms with van der Waals surface area (Å²) in [4.78, 5) is 14.8. The molecule has 4 nitrogen and oxygen atoms in total. The molecule has 0 aromatic heterocycles. The molecule has 4 heteroatoms. The Kier molecular flexibility index (Phi) is 5.83. The smallest absolute Gasteiger partial charge is 0.261 e. The van der Waals surface area contributed by atoms with Gasteiger partial charge in [-0.3, -0.25) is 4.79 Å². The van der Waals surface area contributed by atoms with Crippen LogP contribution in [-0.4, -0.2) is 43.1 Å². The van der Waals surface area contributed by atoms with E-state index in [9.17, 15) is 4.79 Å². The molecule has 1 aromatic carbocycles. The number of nitrogens with one attached hydrogen (secondary N) is 1. The van der Waals surface area contributed by atoms with Crippen molar-refractivity contribution in [2.75, 3.05) is 20.1 Å². The van der Waals surface area contributed by atoms with Crippen molar-refractivity contribution in [3.8, 4) is 5.75 Å². The Bertz CT molecular complexity index is 508. The molecule has 1 heterocycles. The van der Waals surface area contributed by atoms with Gasteiger partial charge < -0.3 is 15.0 Å². The summed E-state index contributed by atoms with van der Waals surface area (Å²) in [5.41, 5.74) is 2.29. The fourth-order valence-corrected chi connectivity index (χ4v) is 2.77. The second kappa shape index (κ2) is 7.63. The Labute approximate surface area is 133 Å². The van der Waals surface area contributed by atoms with Crippen LogP contribution in [0.25, 0.3) is 0 Å². The minimum Gasteiger partial charge on any atom is -0.480 e. The van der Waals surface area contributed by atoms with E-state index in [-0.39, 0.29) is 11.9 Å². The summed E-state index contributed by atoms with van der Waals surface area (Å²) in [6, 6.07) is 6.24. The van der Waals surface area contributed by atoms with E-state index in [0.717, 1.165) is 37.2 Å². The number of hydrogen-bond donors (Lipinski definition) is 1. The second-order valence-corrected chi connectivity index (χ2v) is 6.30. The lowest BCUT2D eigenvalue weighted by atomic mass is 10.0. The monoisotopic (exact) mass is 304 g/mol. The van der Waals surface area contributed by atoms with E-state index in [1.807, 2.05) is 26.0 Å². The molecule has 0 unspecified atom stereocenters. The van der Waals surface area contributed by atoms with Gasteiger partial charge in [0.1, 0.15) is 5.75 Å². The summed E-state index contributed by atoms with van der Waals surface area (Å²) in [6.07, 6.45) is 2.29. The van der Waals surface area contributed by atoms with Gasteiger partial charge in [0, 0.05) is 6.04 Å². The van der Waals surface area contributed by atoms with Gasteiger partial charge in [0.25, 0.3) is 5.91 Å². The Hall–Kier alpha value is -1.55. The molecular weight excluding hydrogens is 276 g/mol. The van der Waals surface area contributed by atoms with Crippen molar-refractivity contribution in [3.63, 3.8) is 0 Å². The number of carbonyl (C=O) groups is 1. The fraction of sp³-hybridized carbons (Fsp3) is 0.611. The summed E-state index contributed by atoms with van der Waals surface area (Å²) < 4.78 is 5.98. The van der Waals surface area contributed by atoms with Crippen molar-refractivity contribution < 1.29 is 9.53 Å². The maximum Gasteiger partial charge on any atom is 0.261 e. The average Bonchev–Trinajstić information content (AvgIpc) is 2.51. The molecule has 1 aliphatic rings. The fourth-order valence-electron chi connectivity index (χ4n) is 2.77. The van der Waals surface area contributed by atoms with Crippen LogP contribution in [0.1, 0.15) is 37.3 Å². The Morgan fingerprint density at radius 2 is 2.05 bits per heavy atom. The highest BCUT2D eigenvalue weighted by molar-refractivity contribution is 5.81. The molecule has 1 aromatic rings. The van der Waals surface area contributed by atoms with Gasteiger partial charge in [0.05, 0.1) is 0 Å². The zero-order chi connectivity index (χ0) is 16.1. The Balaban J connectivity index is 1.95. The van der Waals surface area contributed by atoms with Gasteiger partial charge in [-0.1, -0.05) is 19.1 Å². The molecule has 2 rings (SSSR count). The molecule has 0 radical (unpaired) electrons. The summed E-state index contributed by atoms with van der Waals surface area (Å²) in [6.45, 7) is 8.16. The highest BCUT2D eigenvalue weighted by Gasteiger charge is 2.24. The maximum absolute atomic E-state index is 12.5. The number of ether oxygens (including phenoxy) is 1. The molecular formula is C18H28N2O2. The summed E-state index contributed by atoms with van der Waals surface area (Å²) in [5, 5.41) is 3.15. The van der Waals surface area contributed by atoms with Gasteiger partial charge in [-0.05, 0) is 70.4 Å². The highest BCUT2D eigenvalue weighted by atomic mass is 16.5. The molecule has 22 heavy (non-hydrogen) atoms. The molecule has 1 N–H and O–H groups in total. The molecule has 0 aliphatic carbocycles. The van der Waals surface area contributed by atoms with Crippen molar-refractivity contribution in [3.05, 3.63) is 29.3 Å². The summed E-state index contributed by atoms with van der Waals surface area (Å²) in [7, 11) is 2.12. The summed E-state index contributed by atoms with van der Waals surface area (Å²) in [5.74, 6) is 0.823. The van der Waals surface area contributed by atoms with E-state index in [1.165, 1.54) is 5.56 Å².